The van der Waals surface area contributed by atoms with Gasteiger partial charge in [0, 0.05) is 27.8 Å². The summed E-state index contributed by atoms with van der Waals surface area (Å²) in [6.07, 6.45) is 0. The summed E-state index contributed by atoms with van der Waals surface area (Å²) in [5.74, 6) is -0.812. The zero-order valence-corrected chi connectivity index (χ0v) is 13.0. The van der Waals surface area contributed by atoms with Crippen molar-refractivity contribution in [3.63, 3.8) is 0 Å². The number of hydrogen-bond acceptors (Lipinski definition) is 5. The topological polar surface area (TPSA) is 93.0 Å². The predicted molar refractivity (Wildman–Crippen MR) is 81.8 cm³/mol. The molecule has 0 saturated heterocycles. The fraction of sp³-hybridized carbons (Fsp3) is 0.154. The molecule has 2 aromatic rings. The van der Waals surface area contributed by atoms with E-state index >= 15 is 0 Å². The first-order chi connectivity index (χ1) is 10.1. The Hall–Kier alpha value is -1.94. The molecule has 3 N–H and O–H groups in total. The first-order valence-electron chi connectivity index (χ1n) is 6.01. The zero-order valence-electron chi connectivity index (χ0n) is 10.8. The van der Waals surface area contributed by atoms with Gasteiger partial charge in [0.05, 0.1) is 0 Å². The van der Waals surface area contributed by atoms with Gasteiger partial charge in [-0.1, -0.05) is 4.73 Å². The van der Waals surface area contributed by atoms with Crippen molar-refractivity contribution in [3.05, 3.63) is 45.5 Å². The molecule has 0 aliphatic rings. The maximum absolute atomic E-state index is 11.8. The third-order valence-electron chi connectivity index (χ3n) is 2.50. The second-order valence-corrected chi connectivity index (χ2v) is 5.25. The van der Waals surface area contributed by atoms with Crippen LogP contribution in [-0.2, 0) is 4.89 Å². The summed E-state index contributed by atoms with van der Waals surface area (Å²) >= 11 is 2.16. The van der Waals surface area contributed by atoms with E-state index in [-0.39, 0.29) is 30.8 Å². The van der Waals surface area contributed by atoms with Crippen LogP contribution in [0.5, 0.6) is 11.8 Å². The van der Waals surface area contributed by atoms with Crippen LogP contribution in [0.4, 0.5) is 0 Å². The van der Waals surface area contributed by atoms with Gasteiger partial charge in [-0.2, -0.15) is 4.89 Å². The minimum absolute atomic E-state index is 0.0488. The molecule has 0 radical (unpaired) electrons. The zero-order chi connectivity index (χ0) is 15.2. The largest absolute Gasteiger partial charge is 0.492 e. The van der Waals surface area contributed by atoms with Crippen LogP contribution in [0.15, 0.2) is 36.4 Å². The number of hydrogen-bond donors (Lipinski definition) is 3. The van der Waals surface area contributed by atoms with Crippen LogP contribution in [-0.4, -0.2) is 34.0 Å². The van der Waals surface area contributed by atoms with Gasteiger partial charge < -0.3 is 15.5 Å². The molecule has 2 rings (SSSR count). The van der Waals surface area contributed by atoms with E-state index in [4.69, 9.17) is 4.89 Å². The number of carbonyl (C=O) groups is 1. The lowest BCUT2D eigenvalue weighted by Gasteiger charge is -2.08. The minimum atomic E-state index is -0.296. The first-order valence-corrected chi connectivity index (χ1v) is 7.09. The van der Waals surface area contributed by atoms with Crippen LogP contribution >= 0.6 is 22.6 Å². The number of rotatable bonds is 6. The number of benzene rings is 1. The number of nitrogens with zero attached hydrogens (tertiary/aromatic N) is 1. The van der Waals surface area contributed by atoms with E-state index in [2.05, 4.69) is 32.9 Å². The summed E-state index contributed by atoms with van der Waals surface area (Å²) in [7, 11) is 0. The van der Waals surface area contributed by atoms with Gasteiger partial charge in [0.2, 0.25) is 11.8 Å². The highest BCUT2D eigenvalue weighted by Gasteiger charge is 2.08. The second kappa shape index (κ2) is 7.18. The molecule has 1 heterocycles. The van der Waals surface area contributed by atoms with Crippen molar-refractivity contribution in [2.45, 2.75) is 0 Å². The van der Waals surface area contributed by atoms with Crippen molar-refractivity contribution < 1.29 is 24.9 Å². The molecule has 0 atom stereocenters. The normalized spacial score (nSPS) is 10.3. The van der Waals surface area contributed by atoms with Gasteiger partial charge in [0.25, 0.3) is 5.91 Å². The highest BCUT2D eigenvalue weighted by Crippen LogP contribution is 2.18. The molecule has 7 nitrogen and oxygen atoms in total. The quantitative estimate of drug-likeness (QED) is 0.292. The molecule has 0 saturated carbocycles. The molecule has 112 valence electrons. The van der Waals surface area contributed by atoms with Gasteiger partial charge in [-0.05, 0) is 46.9 Å². The van der Waals surface area contributed by atoms with Gasteiger partial charge in [0.1, 0.15) is 6.61 Å². The number of amides is 1. The van der Waals surface area contributed by atoms with E-state index in [9.17, 15) is 15.0 Å². The summed E-state index contributed by atoms with van der Waals surface area (Å²) < 4.78 is 1.76. The van der Waals surface area contributed by atoms with Crippen molar-refractivity contribution in [1.29, 1.82) is 0 Å². The van der Waals surface area contributed by atoms with Crippen molar-refractivity contribution in [1.82, 2.24) is 10.0 Å². The summed E-state index contributed by atoms with van der Waals surface area (Å²) in [5, 5.41) is 21.2. The van der Waals surface area contributed by atoms with E-state index in [0.717, 1.165) is 3.57 Å². The Balaban J connectivity index is 1.70. The van der Waals surface area contributed by atoms with Gasteiger partial charge >= 0.3 is 0 Å². The van der Waals surface area contributed by atoms with E-state index in [1.54, 1.807) is 12.1 Å². The van der Waals surface area contributed by atoms with Crippen LogP contribution in [0, 0.1) is 3.57 Å². The minimum Gasteiger partial charge on any atom is -0.492 e. The molecule has 0 unspecified atom stereocenters. The Morgan fingerprint density at radius 3 is 2.38 bits per heavy atom. The van der Waals surface area contributed by atoms with Crippen LogP contribution in [0.3, 0.4) is 0 Å². The molecular weight excluding hydrogens is 391 g/mol. The Labute approximate surface area is 134 Å². The number of aromatic hydroxyl groups is 2. The third-order valence-corrected chi connectivity index (χ3v) is 3.22. The van der Waals surface area contributed by atoms with Crippen molar-refractivity contribution in [3.8, 4) is 11.8 Å². The smallest absolute Gasteiger partial charge is 0.251 e. The van der Waals surface area contributed by atoms with Crippen molar-refractivity contribution in [2.75, 3.05) is 13.2 Å². The van der Waals surface area contributed by atoms with E-state index < -0.39 is 0 Å². The van der Waals surface area contributed by atoms with Crippen molar-refractivity contribution >= 4 is 28.5 Å². The number of nitrogens with one attached hydrogen (secondary N) is 1. The average Bonchev–Trinajstić information content (AvgIpc) is 2.79. The molecule has 1 aromatic carbocycles. The standard InChI is InChI=1S/C13H13IN2O5/c14-10-3-1-9(2-4-10)13(19)15-7-8-20-21-16-11(17)5-6-12(16)18/h1-6,17-18H,7-8H2,(H,15,19). The van der Waals surface area contributed by atoms with Crippen molar-refractivity contribution in [2.24, 2.45) is 0 Å². The van der Waals surface area contributed by atoms with Gasteiger partial charge in [0.15, 0.2) is 0 Å². The Morgan fingerprint density at radius 2 is 1.76 bits per heavy atom. The van der Waals surface area contributed by atoms with Gasteiger partial charge in [-0.3, -0.25) is 4.79 Å². The van der Waals surface area contributed by atoms with E-state index in [1.165, 1.54) is 12.1 Å². The number of carbonyl (C=O) groups excluding carboxylic acids is 1. The molecule has 8 heteroatoms. The molecule has 1 aromatic heterocycles. The highest BCUT2D eigenvalue weighted by atomic mass is 127. The lowest BCUT2D eigenvalue weighted by atomic mass is 10.2. The molecule has 0 fully saturated rings. The first kappa shape index (κ1) is 15.4. The summed E-state index contributed by atoms with van der Waals surface area (Å²) in [6, 6.07) is 9.63. The van der Waals surface area contributed by atoms with Crippen LogP contribution < -0.4 is 10.3 Å². The number of aromatic nitrogens is 1. The van der Waals surface area contributed by atoms with Gasteiger partial charge in [-0.15, -0.1) is 0 Å². The lowest BCUT2D eigenvalue weighted by molar-refractivity contribution is -0.295. The third kappa shape index (κ3) is 4.26. The molecule has 21 heavy (non-hydrogen) atoms. The van der Waals surface area contributed by atoms with Gasteiger partial charge in [-0.25, -0.2) is 4.99 Å². The molecule has 0 aliphatic heterocycles. The fourth-order valence-corrected chi connectivity index (χ4v) is 1.84. The molecular formula is C13H13IN2O5. The maximum Gasteiger partial charge on any atom is 0.251 e. The SMILES string of the molecule is O=C(NCCOOn1c(O)ccc1O)c1ccc(I)cc1. The Kier molecular flexibility index (Phi) is 5.28. The molecule has 0 spiro atoms. The summed E-state index contributed by atoms with van der Waals surface area (Å²) in [6.45, 7) is 0.265. The van der Waals surface area contributed by atoms with Crippen LogP contribution in [0.25, 0.3) is 0 Å². The van der Waals surface area contributed by atoms with Crippen LogP contribution in [0.1, 0.15) is 10.4 Å². The molecule has 0 bridgehead atoms. The summed E-state index contributed by atoms with van der Waals surface area (Å²) in [4.78, 5) is 21.2. The predicted octanol–water partition coefficient (Wildman–Crippen LogP) is 1.29. The lowest BCUT2D eigenvalue weighted by Crippen LogP contribution is -2.28. The van der Waals surface area contributed by atoms with E-state index in [1.807, 2.05) is 12.1 Å². The highest BCUT2D eigenvalue weighted by molar-refractivity contribution is 14.1. The Morgan fingerprint density at radius 1 is 1.14 bits per heavy atom. The average molecular weight is 404 g/mol. The fourth-order valence-electron chi connectivity index (χ4n) is 1.48. The summed E-state index contributed by atoms with van der Waals surface area (Å²) in [5.41, 5.74) is 0.553. The molecule has 0 aliphatic carbocycles. The van der Waals surface area contributed by atoms with Crippen LogP contribution in [0.2, 0.25) is 0 Å². The Bertz CT molecular complexity index is 592. The van der Waals surface area contributed by atoms with E-state index in [0.29, 0.717) is 10.3 Å². The molecule has 1 amide bonds. The second-order valence-electron chi connectivity index (χ2n) is 4.00. The monoisotopic (exact) mass is 404 g/mol. The maximum atomic E-state index is 11.8. The number of halogens is 1.